The van der Waals surface area contributed by atoms with Crippen LogP contribution in [0.3, 0.4) is 0 Å². The van der Waals surface area contributed by atoms with Crippen LogP contribution in [0.2, 0.25) is 5.02 Å². The van der Waals surface area contributed by atoms with Crippen LogP contribution >= 0.6 is 11.6 Å². The van der Waals surface area contributed by atoms with Crippen molar-refractivity contribution in [2.24, 2.45) is 5.73 Å². The molecule has 21 heavy (non-hydrogen) atoms. The molecule has 0 aliphatic carbocycles. The Morgan fingerprint density at radius 2 is 2.29 bits per heavy atom. The summed E-state index contributed by atoms with van der Waals surface area (Å²) in [5, 5.41) is 0.455. The fraction of sp³-hybridized carbons (Fsp3) is 0.625. The zero-order valence-electron chi connectivity index (χ0n) is 12.9. The summed E-state index contributed by atoms with van der Waals surface area (Å²) >= 11 is 6.19. The van der Waals surface area contributed by atoms with Crippen molar-refractivity contribution in [1.82, 2.24) is 9.80 Å². The lowest BCUT2D eigenvalue weighted by Crippen LogP contribution is -2.42. The van der Waals surface area contributed by atoms with Crippen LogP contribution in [0, 0.1) is 5.82 Å². The molecule has 118 valence electrons. The van der Waals surface area contributed by atoms with Gasteiger partial charge >= 0.3 is 0 Å². The minimum atomic E-state index is -0.274. The third-order valence-electron chi connectivity index (χ3n) is 4.49. The molecule has 1 aliphatic rings. The third-order valence-corrected chi connectivity index (χ3v) is 4.82. The summed E-state index contributed by atoms with van der Waals surface area (Å²) in [6.45, 7) is 5.65. The van der Waals surface area contributed by atoms with Crippen LogP contribution in [0.25, 0.3) is 0 Å². The van der Waals surface area contributed by atoms with Gasteiger partial charge in [-0.15, -0.1) is 0 Å². The zero-order valence-corrected chi connectivity index (χ0v) is 13.6. The van der Waals surface area contributed by atoms with Crippen molar-refractivity contribution in [2.45, 2.75) is 31.8 Å². The standard InChI is InChI=1S/C16H25ClFN3/c1-3-21-9-5-6-12(21)11-20(2)15(10-19)16-13(17)7-4-8-14(16)18/h4,7-8,12,15H,3,5-6,9-11,19H2,1-2H3. The average Bonchev–Trinajstić information content (AvgIpc) is 2.90. The summed E-state index contributed by atoms with van der Waals surface area (Å²) in [5.74, 6) is -0.274. The molecule has 1 aliphatic heterocycles. The maximum Gasteiger partial charge on any atom is 0.129 e. The third kappa shape index (κ3) is 3.75. The Balaban J connectivity index is 2.13. The molecule has 0 bridgehead atoms. The van der Waals surface area contributed by atoms with Gasteiger partial charge < -0.3 is 5.73 Å². The van der Waals surface area contributed by atoms with E-state index in [-0.39, 0.29) is 11.9 Å². The lowest BCUT2D eigenvalue weighted by molar-refractivity contribution is 0.164. The van der Waals surface area contributed by atoms with Crippen molar-refractivity contribution in [2.75, 3.05) is 33.2 Å². The molecule has 2 atom stereocenters. The molecular weight excluding hydrogens is 289 g/mol. The number of hydrogen-bond acceptors (Lipinski definition) is 3. The van der Waals surface area contributed by atoms with Crippen LogP contribution in [0.5, 0.6) is 0 Å². The molecule has 1 aromatic rings. The smallest absolute Gasteiger partial charge is 0.129 e. The van der Waals surface area contributed by atoms with E-state index in [2.05, 4.69) is 16.7 Å². The molecule has 0 amide bonds. The Hall–Kier alpha value is -0.680. The zero-order chi connectivity index (χ0) is 15.4. The second-order valence-electron chi connectivity index (χ2n) is 5.75. The first kappa shape index (κ1) is 16.7. The van der Waals surface area contributed by atoms with Gasteiger partial charge in [-0.25, -0.2) is 4.39 Å². The Bertz CT molecular complexity index is 449. The van der Waals surface area contributed by atoms with Gasteiger partial charge in [-0.3, -0.25) is 9.80 Å². The Morgan fingerprint density at radius 1 is 1.52 bits per heavy atom. The predicted octanol–water partition coefficient (Wildman–Crippen LogP) is 2.90. The molecule has 0 spiro atoms. The molecule has 1 saturated heterocycles. The first-order chi connectivity index (χ1) is 10.1. The first-order valence-corrected chi connectivity index (χ1v) is 8.04. The quantitative estimate of drug-likeness (QED) is 0.876. The topological polar surface area (TPSA) is 32.5 Å². The summed E-state index contributed by atoms with van der Waals surface area (Å²) in [6.07, 6.45) is 2.43. The van der Waals surface area contributed by atoms with E-state index >= 15 is 0 Å². The molecule has 1 heterocycles. The lowest BCUT2D eigenvalue weighted by atomic mass is 10.0. The van der Waals surface area contributed by atoms with Crippen LogP contribution in [-0.2, 0) is 0 Å². The van der Waals surface area contributed by atoms with E-state index in [0.29, 0.717) is 23.2 Å². The number of nitrogens with two attached hydrogens (primary N) is 1. The molecule has 2 N–H and O–H groups in total. The highest BCUT2D eigenvalue weighted by Gasteiger charge is 2.28. The van der Waals surface area contributed by atoms with E-state index in [4.69, 9.17) is 17.3 Å². The molecular formula is C16H25ClFN3. The Kier molecular flexibility index (Phi) is 5.99. The summed E-state index contributed by atoms with van der Waals surface area (Å²) in [7, 11) is 2.01. The lowest BCUT2D eigenvalue weighted by Gasteiger charge is -2.33. The normalized spacial score (nSPS) is 21.1. The second-order valence-corrected chi connectivity index (χ2v) is 6.16. The van der Waals surface area contributed by atoms with E-state index in [1.165, 1.54) is 18.9 Å². The number of halogens is 2. The van der Waals surface area contributed by atoms with Crippen molar-refractivity contribution in [3.05, 3.63) is 34.6 Å². The van der Waals surface area contributed by atoms with Crippen molar-refractivity contribution >= 4 is 11.6 Å². The van der Waals surface area contributed by atoms with Gasteiger partial charge in [-0.05, 0) is 45.1 Å². The van der Waals surface area contributed by atoms with Gasteiger partial charge in [0, 0.05) is 29.7 Å². The maximum atomic E-state index is 14.1. The second kappa shape index (κ2) is 7.54. The summed E-state index contributed by atoms with van der Waals surface area (Å²) in [5.41, 5.74) is 6.42. The van der Waals surface area contributed by atoms with E-state index in [1.807, 2.05) is 7.05 Å². The van der Waals surface area contributed by atoms with Crippen molar-refractivity contribution in [3.8, 4) is 0 Å². The largest absolute Gasteiger partial charge is 0.329 e. The van der Waals surface area contributed by atoms with E-state index in [9.17, 15) is 4.39 Å². The van der Waals surface area contributed by atoms with Gasteiger partial charge in [0.15, 0.2) is 0 Å². The number of hydrogen-bond donors (Lipinski definition) is 1. The van der Waals surface area contributed by atoms with Crippen LogP contribution in [-0.4, -0.2) is 49.1 Å². The predicted molar refractivity (Wildman–Crippen MR) is 86.1 cm³/mol. The maximum absolute atomic E-state index is 14.1. The average molecular weight is 314 g/mol. The Morgan fingerprint density at radius 3 is 2.90 bits per heavy atom. The van der Waals surface area contributed by atoms with Crippen LogP contribution in [0.15, 0.2) is 18.2 Å². The minimum absolute atomic E-state index is 0.182. The van der Waals surface area contributed by atoms with Gasteiger partial charge in [0.25, 0.3) is 0 Å². The first-order valence-electron chi connectivity index (χ1n) is 7.66. The van der Waals surface area contributed by atoms with Gasteiger partial charge in [0.05, 0.1) is 6.04 Å². The van der Waals surface area contributed by atoms with Crippen molar-refractivity contribution in [3.63, 3.8) is 0 Å². The number of rotatable bonds is 6. The number of benzene rings is 1. The van der Waals surface area contributed by atoms with Crippen molar-refractivity contribution in [1.29, 1.82) is 0 Å². The molecule has 5 heteroatoms. The molecule has 2 unspecified atom stereocenters. The number of nitrogens with zero attached hydrogens (tertiary/aromatic N) is 2. The monoisotopic (exact) mass is 313 g/mol. The number of likely N-dealkylation sites (tertiary alicyclic amines) is 1. The summed E-state index contributed by atoms with van der Waals surface area (Å²) < 4.78 is 14.1. The van der Waals surface area contributed by atoms with Crippen LogP contribution < -0.4 is 5.73 Å². The summed E-state index contributed by atoms with van der Waals surface area (Å²) in [6, 6.07) is 5.15. The van der Waals surface area contributed by atoms with Gasteiger partial charge in [0.1, 0.15) is 5.82 Å². The van der Waals surface area contributed by atoms with E-state index in [0.717, 1.165) is 19.6 Å². The molecule has 1 fully saturated rings. The highest BCUT2D eigenvalue weighted by atomic mass is 35.5. The SMILES string of the molecule is CCN1CCCC1CN(C)C(CN)c1c(F)cccc1Cl. The van der Waals surface area contributed by atoms with Gasteiger partial charge in [-0.1, -0.05) is 24.6 Å². The van der Waals surface area contributed by atoms with E-state index < -0.39 is 0 Å². The highest BCUT2D eigenvalue weighted by Crippen LogP contribution is 2.30. The van der Waals surface area contributed by atoms with Gasteiger partial charge in [0.2, 0.25) is 0 Å². The fourth-order valence-corrected chi connectivity index (χ4v) is 3.61. The Labute approximate surface area is 131 Å². The highest BCUT2D eigenvalue weighted by molar-refractivity contribution is 6.31. The molecule has 1 aromatic carbocycles. The minimum Gasteiger partial charge on any atom is -0.329 e. The summed E-state index contributed by atoms with van der Waals surface area (Å²) in [4.78, 5) is 4.62. The van der Waals surface area contributed by atoms with Crippen LogP contribution in [0.1, 0.15) is 31.4 Å². The molecule has 0 saturated carbocycles. The number of likely N-dealkylation sites (N-methyl/N-ethyl adjacent to an activating group) is 2. The molecule has 3 nitrogen and oxygen atoms in total. The molecule has 2 rings (SSSR count). The molecule has 0 radical (unpaired) electrons. The molecule has 0 aromatic heterocycles. The van der Waals surface area contributed by atoms with Crippen LogP contribution in [0.4, 0.5) is 4.39 Å². The van der Waals surface area contributed by atoms with E-state index in [1.54, 1.807) is 12.1 Å². The van der Waals surface area contributed by atoms with Crippen molar-refractivity contribution < 1.29 is 4.39 Å². The fourth-order valence-electron chi connectivity index (χ4n) is 3.33. The van der Waals surface area contributed by atoms with Gasteiger partial charge in [-0.2, -0.15) is 0 Å².